The van der Waals surface area contributed by atoms with Gasteiger partial charge in [0.15, 0.2) is 11.6 Å². The summed E-state index contributed by atoms with van der Waals surface area (Å²) in [6.45, 7) is 3.58. The van der Waals surface area contributed by atoms with Crippen LogP contribution < -0.4 is 10.2 Å². The molecule has 6 nitrogen and oxygen atoms in total. The van der Waals surface area contributed by atoms with Crippen LogP contribution in [0, 0.1) is 0 Å². The molecule has 1 aromatic heterocycles. The fraction of sp³-hybridized carbons (Fsp3) is 0.353. The van der Waals surface area contributed by atoms with Gasteiger partial charge in [0, 0.05) is 31.7 Å². The quantitative estimate of drug-likeness (QED) is 0.906. The van der Waals surface area contributed by atoms with Crippen LogP contribution >= 0.6 is 0 Å². The minimum absolute atomic E-state index is 0.114. The molecule has 2 aromatic rings. The number of nitrogens with one attached hydrogen (secondary N) is 1. The summed E-state index contributed by atoms with van der Waals surface area (Å²) in [6.07, 6.45) is -4.43. The fourth-order valence-electron chi connectivity index (χ4n) is 2.60. The molecular formula is C17H18F3N5O. The predicted octanol–water partition coefficient (Wildman–Crippen LogP) is 2.50. The number of alkyl halides is 3. The number of aromatic nitrogens is 2. The number of rotatable bonds is 3. The number of nitrogens with zero attached hydrogens (tertiary/aromatic N) is 4. The van der Waals surface area contributed by atoms with Crippen molar-refractivity contribution in [2.24, 2.45) is 0 Å². The van der Waals surface area contributed by atoms with Crippen molar-refractivity contribution in [1.82, 2.24) is 15.1 Å². The number of hydrogen-bond acceptors (Lipinski definition) is 5. The predicted molar refractivity (Wildman–Crippen MR) is 91.1 cm³/mol. The maximum Gasteiger partial charge on any atom is 0.416 e. The summed E-state index contributed by atoms with van der Waals surface area (Å²) in [4.78, 5) is 16.5. The second kappa shape index (κ2) is 7.28. The maximum absolute atomic E-state index is 12.6. The van der Waals surface area contributed by atoms with Crippen molar-refractivity contribution < 1.29 is 18.0 Å². The normalized spacial score (nSPS) is 15.8. The van der Waals surface area contributed by atoms with E-state index in [1.54, 1.807) is 12.1 Å². The van der Waals surface area contributed by atoms with E-state index in [0.29, 0.717) is 0 Å². The molecule has 0 saturated carbocycles. The molecule has 3 rings (SSSR count). The van der Waals surface area contributed by atoms with E-state index in [2.05, 4.69) is 32.4 Å². The van der Waals surface area contributed by atoms with Gasteiger partial charge in [0.2, 0.25) is 0 Å². The Hall–Kier alpha value is -2.68. The van der Waals surface area contributed by atoms with Crippen molar-refractivity contribution in [1.29, 1.82) is 0 Å². The number of anilines is 2. The third-order valence-electron chi connectivity index (χ3n) is 4.19. The lowest BCUT2D eigenvalue weighted by atomic mass is 10.1. The van der Waals surface area contributed by atoms with Gasteiger partial charge in [-0.25, -0.2) is 0 Å². The van der Waals surface area contributed by atoms with E-state index in [4.69, 9.17) is 0 Å². The Labute approximate surface area is 148 Å². The lowest BCUT2D eigenvalue weighted by Gasteiger charge is -2.32. The molecule has 1 N–H and O–H groups in total. The van der Waals surface area contributed by atoms with Gasteiger partial charge < -0.3 is 15.1 Å². The first-order valence-corrected chi connectivity index (χ1v) is 8.09. The van der Waals surface area contributed by atoms with Gasteiger partial charge in [-0.3, -0.25) is 4.79 Å². The monoisotopic (exact) mass is 365 g/mol. The van der Waals surface area contributed by atoms with Gasteiger partial charge in [-0.2, -0.15) is 13.2 Å². The van der Waals surface area contributed by atoms with Crippen LogP contribution in [0.1, 0.15) is 15.9 Å². The topological polar surface area (TPSA) is 61.4 Å². The van der Waals surface area contributed by atoms with Crippen LogP contribution in [0.15, 0.2) is 36.4 Å². The summed E-state index contributed by atoms with van der Waals surface area (Å²) in [5.41, 5.74) is -0.687. The number of hydrogen-bond donors (Lipinski definition) is 1. The first-order chi connectivity index (χ1) is 12.3. The highest BCUT2D eigenvalue weighted by atomic mass is 19.4. The van der Waals surface area contributed by atoms with E-state index < -0.39 is 17.6 Å². The zero-order valence-corrected chi connectivity index (χ0v) is 14.1. The molecule has 0 aliphatic carbocycles. The molecule has 1 amide bonds. The number of amides is 1. The molecule has 1 aromatic carbocycles. The van der Waals surface area contributed by atoms with Crippen LogP contribution in [0.2, 0.25) is 0 Å². The van der Waals surface area contributed by atoms with Gasteiger partial charge >= 0.3 is 6.18 Å². The van der Waals surface area contributed by atoms with E-state index in [-0.39, 0.29) is 11.4 Å². The van der Waals surface area contributed by atoms with Crippen molar-refractivity contribution in [2.45, 2.75) is 6.18 Å². The van der Waals surface area contributed by atoms with Crippen molar-refractivity contribution in [2.75, 3.05) is 43.4 Å². The summed E-state index contributed by atoms with van der Waals surface area (Å²) < 4.78 is 37.7. The van der Waals surface area contributed by atoms with Crippen molar-refractivity contribution >= 4 is 17.5 Å². The van der Waals surface area contributed by atoms with Gasteiger partial charge in [-0.15, -0.1) is 10.2 Å². The van der Waals surface area contributed by atoms with E-state index in [9.17, 15) is 18.0 Å². The smallest absolute Gasteiger partial charge is 0.353 e. The molecule has 1 aliphatic rings. The Bertz CT molecular complexity index is 753. The molecule has 0 radical (unpaired) electrons. The van der Waals surface area contributed by atoms with Gasteiger partial charge in [0.1, 0.15) is 0 Å². The summed E-state index contributed by atoms with van der Waals surface area (Å²) >= 11 is 0. The SMILES string of the molecule is CN1CCN(c2ccc(NC(=O)c3ccc(C(F)(F)F)cc3)nn2)CC1. The Balaban J connectivity index is 1.62. The van der Waals surface area contributed by atoms with Gasteiger partial charge in [-0.05, 0) is 43.4 Å². The molecule has 26 heavy (non-hydrogen) atoms. The Kier molecular flexibility index (Phi) is 5.08. The molecule has 2 heterocycles. The lowest BCUT2D eigenvalue weighted by Crippen LogP contribution is -2.44. The third kappa shape index (κ3) is 4.29. The standard InChI is InChI=1S/C17H18F3N5O/c1-24-8-10-25(11-9-24)15-7-6-14(22-23-15)21-16(26)12-2-4-13(5-3-12)17(18,19)20/h2-7H,8-11H2,1H3,(H,21,22,26). The minimum atomic E-state index is -4.43. The van der Waals surface area contributed by atoms with E-state index >= 15 is 0 Å². The number of piperazine rings is 1. The highest BCUT2D eigenvalue weighted by Gasteiger charge is 2.30. The molecule has 0 unspecified atom stereocenters. The minimum Gasteiger partial charge on any atom is -0.353 e. The zero-order valence-electron chi connectivity index (χ0n) is 14.1. The highest BCUT2D eigenvalue weighted by Crippen LogP contribution is 2.29. The van der Waals surface area contributed by atoms with Crippen molar-refractivity contribution in [3.63, 3.8) is 0 Å². The number of carbonyl (C=O) groups is 1. The highest BCUT2D eigenvalue weighted by molar-refractivity contribution is 6.03. The summed E-state index contributed by atoms with van der Waals surface area (Å²) in [6, 6.07) is 7.39. The average Bonchev–Trinajstić information content (AvgIpc) is 2.62. The first-order valence-electron chi connectivity index (χ1n) is 8.09. The van der Waals surface area contributed by atoms with Crippen LogP contribution in [-0.4, -0.2) is 54.2 Å². The molecule has 0 atom stereocenters. The Morgan fingerprint density at radius 1 is 1.00 bits per heavy atom. The summed E-state index contributed by atoms with van der Waals surface area (Å²) in [5.74, 6) is 0.429. The van der Waals surface area contributed by atoms with Gasteiger partial charge in [0.25, 0.3) is 5.91 Å². The van der Waals surface area contributed by atoms with Crippen molar-refractivity contribution in [3.05, 3.63) is 47.5 Å². The van der Waals surface area contributed by atoms with E-state index in [0.717, 1.165) is 56.3 Å². The van der Waals surface area contributed by atoms with Gasteiger partial charge in [-0.1, -0.05) is 0 Å². The molecule has 1 fully saturated rings. The average molecular weight is 365 g/mol. The Morgan fingerprint density at radius 2 is 1.65 bits per heavy atom. The Morgan fingerprint density at radius 3 is 2.19 bits per heavy atom. The van der Waals surface area contributed by atoms with Crippen LogP contribution in [0.3, 0.4) is 0 Å². The van der Waals surface area contributed by atoms with Gasteiger partial charge in [0.05, 0.1) is 5.56 Å². The lowest BCUT2D eigenvalue weighted by molar-refractivity contribution is -0.137. The number of carbonyl (C=O) groups excluding carboxylic acids is 1. The zero-order chi connectivity index (χ0) is 18.7. The molecular weight excluding hydrogens is 347 g/mol. The van der Waals surface area contributed by atoms with E-state index in [1.807, 2.05) is 0 Å². The second-order valence-electron chi connectivity index (χ2n) is 6.10. The largest absolute Gasteiger partial charge is 0.416 e. The first kappa shape index (κ1) is 18.1. The third-order valence-corrected chi connectivity index (χ3v) is 4.19. The summed E-state index contributed by atoms with van der Waals surface area (Å²) in [5, 5.41) is 10.6. The number of likely N-dealkylation sites (N-methyl/N-ethyl adjacent to an activating group) is 1. The molecule has 9 heteroatoms. The molecule has 1 aliphatic heterocycles. The maximum atomic E-state index is 12.6. The molecule has 0 bridgehead atoms. The van der Waals surface area contributed by atoms with Crippen LogP contribution in [0.4, 0.5) is 24.8 Å². The molecule has 1 saturated heterocycles. The molecule has 0 spiro atoms. The molecule has 138 valence electrons. The number of benzene rings is 1. The van der Waals surface area contributed by atoms with E-state index in [1.165, 1.54) is 0 Å². The van der Waals surface area contributed by atoms with Crippen LogP contribution in [0.25, 0.3) is 0 Å². The number of halogens is 3. The second-order valence-corrected chi connectivity index (χ2v) is 6.10. The van der Waals surface area contributed by atoms with Crippen LogP contribution in [0.5, 0.6) is 0 Å². The fourth-order valence-corrected chi connectivity index (χ4v) is 2.60. The summed E-state index contributed by atoms with van der Waals surface area (Å²) in [7, 11) is 2.06. The van der Waals surface area contributed by atoms with Crippen molar-refractivity contribution in [3.8, 4) is 0 Å². The van der Waals surface area contributed by atoms with Crippen LogP contribution in [-0.2, 0) is 6.18 Å².